The van der Waals surface area contributed by atoms with E-state index < -0.39 is 6.10 Å². The molecule has 0 bridgehead atoms. The van der Waals surface area contributed by atoms with Crippen molar-refractivity contribution < 1.29 is 28.6 Å². The lowest BCUT2D eigenvalue weighted by molar-refractivity contribution is -0.167. The fraction of sp³-hybridized carbons (Fsp3) is 0.795. The van der Waals surface area contributed by atoms with Crippen LogP contribution in [0.5, 0.6) is 0 Å². The van der Waals surface area contributed by atoms with Crippen molar-refractivity contribution in [3.63, 3.8) is 0 Å². The zero-order valence-electron chi connectivity index (χ0n) is 52.6. The number of hydrogen-bond donors (Lipinski definition) is 0. The summed E-state index contributed by atoms with van der Waals surface area (Å²) in [6, 6.07) is 0. The number of rotatable bonds is 63. The van der Waals surface area contributed by atoms with Crippen LogP contribution in [0.2, 0.25) is 0 Å². The molecular weight excluding hydrogens is 973 g/mol. The van der Waals surface area contributed by atoms with Crippen molar-refractivity contribution in [2.45, 2.75) is 361 Å². The van der Waals surface area contributed by atoms with E-state index in [-0.39, 0.29) is 31.1 Å². The number of carbonyl (C=O) groups is 3. The van der Waals surface area contributed by atoms with Gasteiger partial charge in [-0.3, -0.25) is 14.4 Å². The summed E-state index contributed by atoms with van der Waals surface area (Å²) in [7, 11) is 0. The van der Waals surface area contributed by atoms with Crippen LogP contribution in [-0.4, -0.2) is 37.2 Å². The first-order chi connectivity index (χ1) is 39.0. The molecule has 0 amide bonds. The highest BCUT2D eigenvalue weighted by atomic mass is 16.6. The van der Waals surface area contributed by atoms with Crippen LogP contribution in [0.25, 0.3) is 0 Å². The van der Waals surface area contributed by atoms with Gasteiger partial charge in [-0.25, -0.2) is 0 Å². The second-order valence-electron chi connectivity index (χ2n) is 23.1. The predicted molar refractivity (Wildman–Crippen MR) is 344 cm³/mol. The van der Waals surface area contributed by atoms with E-state index in [4.69, 9.17) is 14.2 Å². The molecule has 0 saturated heterocycles. The monoisotopic (exact) mass is 1100 g/mol. The molecule has 0 aliphatic carbocycles. The number of unbranched alkanes of at least 4 members (excludes halogenated alkanes) is 40. The van der Waals surface area contributed by atoms with Gasteiger partial charge < -0.3 is 14.2 Å². The summed E-state index contributed by atoms with van der Waals surface area (Å²) in [5, 5.41) is 0. The fourth-order valence-corrected chi connectivity index (χ4v) is 10.1. The summed E-state index contributed by atoms with van der Waals surface area (Å²) in [6.07, 6.45) is 87.8. The number of esters is 3. The molecule has 6 nitrogen and oxygen atoms in total. The Morgan fingerprint density at radius 2 is 0.494 bits per heavy atom. The minimum Gasteiger partial charge on any atom is -0.462 e. The van der Waals surface area contributed by atoms with Crippen molar-refractivity contribution in [2.75, 3.05) is 13.2 Å². The second-order valence-corrected chi connectivity index (χ2v) is 23.1. The van der Waals surface area contributed by atoms with Crippen LogP contribution in [0.3, 0.4) is 0 Å². The van der Waals surface area contributed by atoms with E-state index in [9.17, 15) is 14.4 Å². The van der Waals surface area contributed by atoms with Gasteiger partial charge in [-0.15, -0.1) is 0 Å². The standard InChI is InChI=1S/C73H130O6/c1-4-7-10-13-16-19-22-25-28-30-32-33-34-35-36-37-38-39-41-42-45-48-51-54-57-60-63-66-72(75)78-69-70(68-77-71(74)65-62-59-56-53-50-47-44-27-24-21-18-15-12-9-6-3)79-73(76)67-64-61-58-55-52-49-46-43-40-31-29-26-23-20-17-14-11-8-5-2/h7,10,16,18-19,21,25,27-28,32-33,44,70H,4-6,8-9,11-15,17,20,22-24,26,29-31,34-43,45-69H2,1-3H3/b10-7-,19-16-,21-18-,28-25-,33-32-,44-27-. The molecule has 6 heteroatoms. The molecular formula is C73H130O6. The summed E-state index contributed by atoms with van der Waals surface area (Å²) >= 11 is 0. The van der Waals surface area contributed by atoms with Crippen molar-refractivity contribution in [3.05, 3.63) is 72.9 Å². The normalized spacial score (nSPS) is 12.5. The smallest absolute Gasteiger partial charge is 0.306 e. The fourth-order valence-electron chi connectivity index (χ4n) is 10.1. The summed E-state index contributed by atoms with van der Waals surface area (Å²) in [5.41, 5.74) is 0. The topological polar surface area (TPSA) is 78.9 Å². The van der Waals surface area contributed by atoms with Gasteiger partial charge in [-0.1, -0.05) is 318 Å². The number of ether oxygens (including phenoxy) is 3. The maximum atomic E-state index is 12.9. The van der Waals surface area contributed by atoms with Crippen LogP contribution in [0.1, 0.15) is 355 Å². The van der Waals surface area contributed by atoms with E-state index in [1.807, 2.05) is 0 Å². The summed E-state index contributed by atoms with van der Waals surface area (Å²) < 4.78 is 17.0. The zero-order chi connectivity index (χ0) is 57.1. The molecule has 0 fully saturated rings. The van der Waals surface area contributed by atoms with Gasteiger partial charge in [0.15, 0.2) is 6.10 Å². The lowest BCUT2D eigenvalue weighted by Gasteiger charge is -2.18. The Bertz CT molecular complexity index is 1450. The SMILES string of the molecule is CC/C=C\C/C=C\C/C=C\C/C=C\CCCCCCCCCCCCCCCCC(=O)OCC(COC(=O)CCCCCCC/C=C\C/C=C\CCCCC)OC(=O)CCCCCCCCCCCCCCCCCCCCC. The minimum atomic E-state index is -0.780. The average Bonchev–Trinajstić information content (AvgIpc) is 3.45. The maximum absolute atomic E-state index is 12.9. The predicted octanol–water partition coefficient (Wildman–Crippen LogP) is 23.7. The number of allylic oxidation sites excluding steroid dienone is 12. The van der Waals surface area contributed by atoms with E-state index in [0.29, 0.717) is 19.3 Å². The first kappa shape index (κ1) is 75.8. The van der Waals surface area contributed by atoms with Crippen molar-refractivity contribution >= 4 is 17.9 Å². The maximum Gasteiger partial charge on any atom is 0.306 e. The van der Waals surface area contributed by atoms with Crippen molar-refractivity contribution in [3.8, 4) is 0 Å². The van der Waals surface area contributed by atoms with Gasteiger partial charge in [0.25, 0.3) is 0 Å². The Hall–Kier alpha value is -3.15. The van der Waals surface area contributed by atoms with Crippen LogP contribution in [-0.2, 0) is 28.6 Å². The Kier molecular flexibility index (Phi) is 64.7. The van der Waals surface area contributed by atoms with E-state index >= 15 is 0 Å². The van der Waals surface area contributed by atoms with Gasteiger partial charge in [0, 0.05) is 19.3 Å². The Balaban J connectivity index is 4.28. The summed E-state index contributed by atoms with van der Waals surface area (Å²) in [5.74, 6) is -0.869. The van der Waals surface area contributed by atoms with E-state index in [2.05, 4.69) is 93.7 Å². The van der Waals surface area contributed by atoms with Gasteiger partial charge >= 0.3 is 17.9 Å². The zero-order valence-corrected chi connectivity index (χ0v) is 52.6. The van der Waals surface area contributed by atoms with Gasteiger partial charge in [0.1, 0.15) is 13.2 Å². The molecule has 0 aromatic carbocycles. The molecule has 0 rings (SSSR count). The summed E-state index contributed by atoms with van der Waals surface area (Å²) in [4.78, 5) is 38.4. The average molecular weight is 1100 g/mol. The van der Waals surface area contributed by atoms with Crippen LogP contribution >= 0.6 is 0 Å². The third-order valence-electron chi connectivity index (χ3n) is 15.2. The Morgan fingerprint density at radius 1 is 0.266 bits per heavy atom. The Labute approximate surface area is 491 Å². The quantitative estimate of drug-likeness (QED) is 0.0261. The van der Waals surface area contributed by atoms with Gasteiger partial charge in [0.2, 0.25) is 0 Å². The molecule has 0 aliphatic rings. The molecule has 0 spiro atoms. The molecule has 458 valence electrons. The molecule has 1 atom stereocenters. The second kappa shape index (κ2) is 67.4. The number of hydrogen-bond acceptors (Lipinski definition) is 6. The third kappa shape index (κ3) is 65.5. The molecule has 79 heavy (non-hydrogen) atoms. The van der Waals surface area contributed by atoms with Gasteiger partial charge in [-0.05, 0) is 89.9 Å². The van der Waals surface area contributed by atoms with Gasteiger partial charge in [0.05, 0.1) is 0 Å². The van der Waals surface area contributed by atoms with Crippen LogP contribution in [0.15, 0.2) is 72.9 Å². The molecule has 0 aromatic rings. The molecule has 0 N–H and O–H groups in total. The van der Waals surface area contributed by atoms with Crippen molar-refractivity contribution in [1.29, 1.82) is 0 Å². The number of carbonyl (C=O) groups excluding carboxylic acids is 3. The van der Waals surface area contributed by atoms with E-state index in [1.54, 1.807) is 0 Å². The van der Waals surface area contributed by atoms with Crippen molar-refractivity contribution in [1.82, 2.24) is 0 Å². The largest absolute Gasteiger partial charge is 0.462 e. The molecule has 0 aliphatic heterocycles. The van der Waals surface area contributed by atoms with Crippen LogP contribution in [0.4, 0.5) is 0 Å². The Morgan fingerprint density at radius 3 is 0.797 bits per heavy atom. The molecule has 0 aromatic heterocycles. The van der Waals surface area contributed by atoms with Crippen molar-refractivity contribution in [2.24, 2.45) is 0 Å². The lowest BCUT2D eigenvalue weighted by Crippen LogP contribution is -2.30. The van der Waals surface area contributed by atoms with Crippen LogP contribution < -0.4 is 0 Å². The van der Waals surface area contributed by atoms with Crippen LogP contribution in [0, 0.1) is 0 Å². The van der Waals surface area contributed by atoms with E-state index in [1.165, 1.54) is 212 Å². The first-order valence-corrected chi connectivity index (χ1v) is 34.4. The molecule has 1 unspecified atom stereocenters. The third-order valence-corrected chi connectivity index (χ3v) is 15.2. The summed E-state index contributed by atoms with van der Waals surface area (Å²) in [6.45, 7) is 6.55. The molecule has 0 radical (unpaired) electrons. The van der Waals surface area contributed by atoms with Gasteiger partial charge in [-0.2, -0.15) is 0 Å². The highest BCUT2D eigenvalue weighted by molar-refractivity contribution is 5.71. The lowest BCUT2D eigenvalue weighted by atomic mass is 10.0. The van der Waals surface area contributed by atoms with E-state index in [0.717, 1.165) is 103 Å². The minimum absolute atomic E-state index is 0.0760. The molecule has 0 heterocycles. The highest BCUT2D eigenvalue weighted by Crippen LogP contribution is 2.18. The highest BCUT2D eigenvalue weighted by Gasteiger charge is 2.19. The first-order valence-electron chi connectivity index (χ1n) is 34.4. The molecule has 0 saturated carbocycles.